The molecule has 4 heteroatoms. The monoisotopic (exact) mass is 210 g/mol. The number of aromatic nitrogens is 4. The summed E-state index contributed by atoms with van der Waals surface area (Å²) in [7, 11) is 0. The van der Waals surface area contributed by atoms with E-state index >= 15 is 0 Å². The number of rotatable bonds is 2. The first-order valence-electron chi connectivity index (χ1n) is 5.02. The second kappa shape index (κ2) is 3.66. The fraction of sp³-hybridized carbons (Fsp3) is 0. The largest absolute Gasteiger partial charge is 0.345 e. The van der Waals surface area contributed by atoms with Crippen LogP contribution in [0.15, 0.2) is 55.2 Å². The van der Waals surface area contributed by atoms with Crippen molar-refractivity contribution in [2.75, 3.05) is 0 Å². The van der Waals surface area contributed by atoms with Crippen molar-refractivity contribution in [2.24, 2.45) is 0 Å². The first-order chi connectivity index (χ1) is 7.93. The van der Waals surface area contributed by atoms with E-state index in [4.69, 9.17) is 0 Å². The number of aromatic amines is 1. The molecular weight excluding hydrogens is 200 g/mol. The second-order valence-electron chi connectivity index (χ2n) is 3.47. The number of para-hydroxylation sites is 1. The molecule has 16 heavy (non-hydrogen) atoms. The van der Waals surface area contributed by atoms with Gasteiger partial charge in [0.2, 0.25) is 0 Å². The summed E-state index contributed by atoms with van der Waals surface area (Å²) < 4.78 is 1.84. The predicted octanol–water partition coefficient (Wildman–Crippen LogP) is 2.26. The van der Waals surface area contributed by atoms with Crippen LogP contribution in [0.1, 0.15) is 0 Å². The molecule has 78 valence electrons. The molecule has 0 bridgehead atoms. The van der Waals surface area contributed by atoms with Gasteiger partial charge in [0.1, 0.15) is 0 Å². The van der Waals surface area contributed by atoms with E-state index in [0.29, 0.717) is 0 Å². The van der Waals surface area contributed by atoms with E-state index in [1.165, 1.54) is 0 Å². The molecule has 0 aliphatic heterocycles. The van der Waals surface area contributed by atoms with Crippen LogP contribution >= 0.6 is 0 Å². The zero-order valence-electron chi connectivity index (χ0n) is 8.54. The summed E-state index contributed by atoms with van der Waals surface area (Å²) in [6.45, 7) is 0. The van der Waals surface area contributed by atoms with E-state index in [2.05, 4.69) is 15.1 Å². The van der Waals surface area contributed by atoms with Crippen LogP contribution < -0.4 is 0 Å². The van der Waals surface area contributed by atoms with Crippen molar-refractivity contribution in [3.63, 3.8) is 0 Å². The van der Waals surface area contributed by atoms with Crippen LogP contribution in [0.5, 0.6) is 0 Å². The van der Waals surface area contributed by atoms with E-state index in [1.807, 2.05) is 47.4 Å². The molecule has 2 heterocycles. The topological polar surface area (TPSA) is 46.5 Å². The molecule has 4 nitrogen and oxygen atoms in total. The molecule has 0 unspecified atom stereocenters. The van der Waals surface area contributed by atoms with Gasteiger partial charge >= 0.3 is 0 Å². The minimum absolute atomic E-state index is 0.974. The molecule has 0 amide bonds. The molecular formula is C12H10N4. The van der Waals surface area contributed by atoms with Crippen LogP contribution in [0.2, 0.25) is 0 Å². The molecule has 0 aliphatic rings. The van der Waals surface area contributed by atoms with Crippen molar-refractivity contribution < 1.29 is 0 Å². The van der Waals surface area contributed by atoms with E-state index in [1.54, 1.807) is 12.5 Å². The molecule has 0 fully saturated rings. The zero-order valence-corrected chi connectivity index (χ0v) is 8.54. The molecule has 1 aromatic carbocycles. The molecule has 0 atom stereocenters. The number of nitrogens with zero attached hydrogens (tertiary/aromatic N) is 3. The average molecular weight is 210 g/mol. The standard InChI is InChI=1S/C12H10N4/c1-2-4-11(5-3-1)16-8-10(6-15-16)12-7-13-9-14-12/h1-9H,(H,13,14). The third kappa shape index (κ3) is 1.50. The lowest BCUT2D eigenvalue weighted by Gasteiger charge is -1.98. The summed E-state index contributed by atoms with van der Waals surface area (Å²) in [4.78, 5) is 7.04. The van der Waals surface area contributed by atoms with Crippen molar-refractivity contribution in [2.45, 2.75) is 0 Å². The van der Waals surface area contributed by atoms with E-state index in [0.717, 1.165) is 16.9 Å². The third-order valence-corrected chi connectivity index (χ3v) is 2.41. The Balaban J connectivity index is 2.00. The maximum atomic E-state index is 4.31. The Labute approximate surface area is 92.6 Å². The molecule has 0 aliphatic carbocycles. The van der Waals surface area contributed by atoms with Gasteiger partial charge in [-0.3, -0.25) is 0 Å². The smallest absolute Gasteiger partial charge is 0.0924 e. The average Bonchev–Trinajstić information content (AvgIpc) is 3.01. The summed E-state index contributed by atoms with van der Waals surface area (Å²) in [6.07, 6.45) is 7.24. The summed E-state index contributed by atoms with van der Waals surface area (Å²) in [5.41, 5.74) is 3.05. The highest BCUT2D eigenvalue weighted by Gasteiger charge is 2.03. The van der Waals surface area contributed by atoms with Gasteiger partial charge < -0.3 is 4.98 Å². The van der Waals surface area contributed by atoms with Gasteiger partial charge in [0.15, 0.2) is 0 Å². The number of hydrogen-bond acceptors (Lipinski definition) is 2. The lowest BCUT2D eigenvalue weighted by atomic mass is 10.3. The van der Waals surface area contributed by atoms with Crippen LogP contribution in [0.3, 0.4) is 0 Å². The molecule has 0 saturated heterocycles. The first kappa shape index (κ1) is 8.91. The zero-order chi connectivity index (χ0) is 10.8. The fourth-order valence-corrected chi connectivity index (χ4v) is 1.60. The van der Waals surface area contributed by atoms with Crippen LogP contribution in [-0.2, 0) is 0 Å². The summed E-state index contributed by atoms with van der Waals surface area (Å²) >= 11 is 0. The Kier molecular flexibility index (Phi) is 2.04. The molecule has 0 saturated carbocycles. The van der Waals surface area contributed by atoms with Crippen molar-refractivity contribution in [1.29, 1.82) is 0 Å². The minimum Gasteiger partial charge on any atom is -0.345 e. The van der Waals surface area contributed by atoms with Gasteiger partial charge in [-0.2, -0.15) is 5.10 Å². The number of nitrogens with one attached hydrogen (secondary N) is 1. The summed E-state index contributed by atoms with van der Waals surface area (Å²) in [5.74, 6) is 0. The highest BCUT2D eigenvalue weighted by atomic mass is 15.3. The second-order valence-corrected chi connectivity index (χ2v) is 3.47. The van der Waals surface area contributed by atoms with Crippen molar-refractivity contribution in [3.8, 4) is 16.9 Å². The number of hydrogen-bond donors (Lipinski definition) is 1. The molecule has 0 spiro atoms. The van der Waals surface area contributed by atoms with Gasteiger partial charge in [-0.05, 0) is 12.1 Å². The van der Waals surface area contributed by atoms with Gasteiger partial charge in [0.05, 0.1) is 30.1 Å². The van der Waals surface area contributed by atoms with Crippen LogP contribution in [0.4, 0.5) is 0 Å². The Morgan fingerprint density at radius 3 is 2.69 bits per heavy atom. The molecule has 3 rings (SSSR count). The van der Waals surface area contributed by atoms with Crippen LogP contribution in [-0.4, -0.2) is 19.7 Å². The van der Waals surface area contributed by atoms with Crippen LogP contribution in [0, 0.1) is 0 Å². The quantitative estimate of drug-likeness (QED) is 0.705. The molecule has 1 N–H and O–H groups in total. The van der Waals surface area contributed by atoms with Crippen LogP contribution in [0.25, 0.3) is 16.9 Å². The van der Waals surface area contributed by atoms with Crippen molar-refractivity contribution in [1.82, 2.24) is 19.7 Å². The number of imidazole rings is 1. The van der Waals surface area contributed by atoms with Crippen molar-refractivity contribution >= 4 is 0 Å². The highest BCUT2D eigenvalue weighted by molar-refractivity contribution is 5.56. The maximum Gasteiger partial charge on any atom is 0.0924 e. The molecule has 2 aromatic heterocycles. The van der Waals surface area contributed by atoms with E-state index in [9.17, 15) is 0 Å². The van der Waals surface area contributed by atoms with E-state index in [-0.39, 0.29) is 0 Å². The molecule has 3 aromatic rings. The summed E-state index contributed by atoms with van der Waals surface area (Å²) in [6, 6.07) is 10.0. The number of H-pyrrole nitrogens is 1. The molecule has 0 radical (unpaired) electrons. The highest BCUT2D eigenvalue weighted by Crippen LogP contribution is 2.16. The maximum absolute atomic E-state index is 4.31. The Bertz CT molecular complexity index is 566. The predicted molar refractivity (Wildman–Crippen MR) is 61.1 cm³/mol. The lowest BCUT2D eigenvalue weighted by molar-refractivity contribution is 0.881. The normalized spacial score (nSPS) is 10.5. The van der Waals surface area contributed by atoms with Gasteiger partial charge in [0, 0.05) is 11.8 Å². The fourth-order valence-electron chi connectivity index (χ4n) is 1.60. The summed E-state index contributed by atoms with van der Waals surface area (Å²) in [5, 5.41) is 4.31. The first-order valence-corrected chi connectivity index (χ1v) is 5.02. The Hall–Kier alpha value is -2.36. The van der Waals surface area contributed by atoms with Crippen molar-refractivity contribution in [3.05, 3.63) is 55.2 Å². The minimum atomic E-state index is 0.974. The van der Waals surface area contributed by atoms with Gasteiger partial charge in [-0.1, -0.05) is 18.2 Å². The van der Waals surface area contributed by atoms with Gasteiger partial charge in [-0.15, -0.1) is 0 Å². The van der Waals surface area contributed by atoms with Gasteiger partial charge in [-0.25, -0.2) is 9.67 Å². The lowest BCUT2D eigenvalue weighted by Crippen LogP contribution is -1.92. The van der Waals surface area contributed by atoms with Gasteiger partial charge in [0.25, 0.3) is 0 Å². The SMILES string of the molecule is c1ccc(-n2cc(-c3cnc[nH]3)cn2)cc1. The Morgan fingerprint density at radius 1 is 1.06 bits per heavy atom. The third-order valence-electron chi connectivity index (χ3n) is 2.41. The van der Waals surface area contributed by atoms with E-state index < -0.39 is 0 Å². The number of benzene rings is 1. The Morgan fingerprint density at radius 2 is 1.94 bits per heavy atom.